The molecule has 2 aliphatic rings. The van der Waals surface area contributed by atoms with E-state index in [9.17, 15) is 17.6 Å². The summed E-state index contributed by atoms with van der Waals surface area (Å²) in [6.07, 6.45) is -3.83. The van der Waals surface area contributed by atoms with Gasteiger partial charge in [-0.25, -0.2) is 9.18 Å². The highest BCUT2D eigenvalue weighted by Gasteiger charge is 2.38. The van der Waals surface area contributed by atoms with E-state index in [-0.39, 0.29) is 11.9 Å². The average Bonchev–Trinajstić information content (AvgIpc) is 2.76. The number of aliphatic carboxylic acids is 1. The average molecular weight is 307 g/mol. The van der Waals surface area contributed by atoms with Crippen LogP contribution in [0.1, 0.15) is 17.9 Å². The van der Waals surface area contributed by atoms with Crippen molar-refractivity contribution < 1.29 is 32.2 Å². The molecular formula is C13H13F4NO3. The van der Waals surface area contributed by atoms with Crippen molar-refractivity contribution in [3.63, 3.8) is 0 Å². The minimum absolute atomic E-state index is 0.161. The van der Waals surface area contributed by atoms with Gasteiger partial charge in [0.05, 0.1) is 0 Å². The monoisotopic (exact) mass is 307 g/mol. The first-order chi connectivity index (χ1) is 9.79. The molecular weight excluding hydrogens is 294 g/mol. The molecule has 0 bridgehead atoms. The van der Waals surface area contributed by atoms with Crippen molar-refractivity contribution in [3.05, 3.63) is 29.6 Å². The largest absolute Gasteiger partial charge is 0.490 e. The quantitative estimate of drug-likeness (QED) is 0.722. The Labute approximate surface area is 117 Å². The van der Waals surface area contributed by atoms with E-state index < -0.39 is 12.1 Å². The Morgan fingerprint density at radius 1 is 1.38 bits per heavy atom. The lowest BCUT2D eigenvalue weighted by Crippen LogP contribution is -2.39. The van der Waals surface area contributed by atoms with Gasteiger partial charge in [-0.05, 0) is 31.2 Å². The molecule has 21 heavy (non-hydrogen) atoms. The van der Waals surface area contributed by atoms with E-state index in [0.29, 0.717) is 5.92 Å². The number of alkyl halides is 3. The standard InChI is InChI=1S/C11H12FNO.C2HF3O2/c12-7-1-2-10-9(5-7)8-3-4-13-6-11(8)14-10;3-2(4,5)1(6)7/h1-2,5,8,11,13H,3-4,6H2;(H,6,7). The summed E-state index contributed by atoms with van der Waals surface area (Å²) in [5, 5.41) is 10.4. The number of ether oxygens (including phenoxy) is 1. The highest BCUT2D eigenvalue weighted by atomic mass is 19.4. The lowest BCUT2D eigenvalue weighted by molar-refractivity contribution is -0.192. The van der Waals surface area contributed by atoms with Gasteiger partial charge < -0.3 is 15.2 Å². The number of benzene rings is 1. The second kappa shape index (κ2) is 5.88. The minimum atomic E-state index is -5.08. The van der Waals surface area contributed by atoms with E-state index >= 15 is 0 Å². The third-order valence-corrected chi connectivity index (χ3v) is 3.32. The SMILES string of the molecule is Fc1ccc2c(c1)C1CCNCC1O2.O=C(O)C(F)(F)F. The fraction of sp³-hybridized carbons (Fsp3) is 0.462. The van der Waals surface area contributed by atoms with E-state index in [4.69, 9.17) is 14.6 Å². The first-order valence-corrected chi connectivity index (χ1v) is 6.26. The molecule has 116 valence electrons. The van der Waals surface area contributed by atoms with Crippen molar-refractivity contribution in [1.29, 1.82) is 0 Å². The summed E-state index contributed by atoms with van der Waals surface area (Å²) in [6, 6.07) is 4.82. The van der Waals surface area contributed by atoms with Crippen LogP contribution in [0.25, 0.3) is 0 Å². The fourth-order valence-corrected chi connectivity index (χ4v) is 2.39. The molecule has 1 aromatic rings. The molecule has 0 radical (unpaired) electrons. The zero-order chi connectivity index (χ0) is 15.6. The summed E-state index contributed by atoms with van der Waals surface area (Å²) in [4.78, 5) is 8.90. The van der Waals surface area contributed by atoms with Gasteiger partial charge in [0.25, 0.3) is 0 Å². The van der Waals surface area contributed by atoms with Crippen LogP contribution in [0.2, 0.25) is 0 Å². The van der Waals surface area contributed by atoms with Crippen LogP contribution < -0.4 is 10.1 Å². The van der Waals surface area contributed by atoms with Crippen LogP contribution in [0.3, 0.4) is 0 Å². The molecule has 3 rings (SSSR count). The predicted molar refractivity (Wildman–Crippen MR) is 64.7 cm³/mol. The summed E-state index contributed by atoms with van der Waals surface area (Å²) < 4.78 is 50.5. The molecule has 0 spiro atoms. The maximum atomic E-state index is 13.0. The molecule has 2 unspecified atom stereocenters. The van der Waals surface area contributed by atoms with Gasteiger partial charge in [-0.2, -0.15) is 13.2 Å². The number of hydrogen-bond donors (Lipinski definition) is 2. The number of carboxylic acid groups (broad SMARTS) is 1. The minimum Gasteiger partial charge on any atom is -0.488 e. The van der Waals surface area contributed by atoms with E-state index in [1.165, 1.54) is 6.07 Å². The van der Waals surface area contributed by atoms with Crippen LogP contribution in [0.15, 0.2) is 18.2 Å². The number of nitrogens with one attached hydrogen (secondary N) is 1. The summed E-state index contributed by atoms with van der Waals surface area (Å²) in [5.41, 5.74) is 1.05. The predicted octanol–water partition coefficient (Wildman–Crippen LogP) is 2.30. The second-order valence-electron chi connectivity index (χ2n) is 4.74. The Morgan fingerprint density at radius 2 is 2.05 bits per heavy atom. The summed E-state index contributed by atoms with van der Waals surface area (Å²) in [6.45, 7) is 1.88. The van der Waals surface area contributed by atoms with Crippen LogP contribution in [0.5, 0.6) is 5.75 Å². The number of piperidine rings is 1. The molecule has 2 atom stereocenters. The Morgan fingerprint density at radius 3 is 2.67 bits per heavy atom. The zero-order valence-corrected chi connectivity index (χ0v) is 10.8. The Bertz CT molecular complexity index is 533. The van der Waals surface area contributed by atoms with Gasteiger partial charge in [-0.1, -0.05) is 0 Å². The number of halogens is 4. The normalized spacial score (nSPS) is 23.2. The van der Waals surface area contributed by atoms with Gasteiger partial charge in [0.1, 0.15) is 17.7 Å². The number of hydrogen-bond acceptors (Lipinski definition) is 3. The highest BCUT2D eigenvalue weighted by molar-refractivity contribution is 5.73. The summed E-state index contributed by atoms with van der Waals surface area (Å²) in [5.74, 6) is -1.66. The maximum Gasteiger partial charge on any atom is 0.490 e. The number of rotatable bonds is 0. The lowest BCUT2D eigenvalue weighted by atomic mass is 9.90. The van der Waals surface area contributed by atoms with Crippen LogP contribution in [-0.4, -0.2) is 36.4 Å². The smallest absolute Gasteiger partial charge is 0.488 e. The molecule has 2 heterocycles. The van der Waals surface area contributed by atoms with Gasteiger partial charge in [0, 0.05) is 18.0 Å². The molecule has 1 fully saturated rings. The number of fused-ring (bicyclic) bond motifs is 3. The first kappa shape index (κ1) is 15.6. The van der Waals surface area contributed by atoms with Crippen LogP contribution >= 0.6 is 0 Å². The van der Waals surface area contributed by atoms with Crippen LogP contribution in [0.4, 0.5) is 17.6 Å². The molecule has 0 aromatic heterocycles. The molecule has 2 aliphatic heterocycles. The van der Waals surface area contributed by atoms with Gasteiger partial charge in [-0.3, -0.25) is 0 Å². The van der Waals surface area contributed by atoms with Crippen molar-refractivity contribution in [3.8, 4) is 5.75 Å². The fourth-order valence-electron chi connectivity index (χ4n) is 2.39. The van der Waals surface area contributed by atoms with Crippen molar-refractivity contribution in [2.24, 2.45) is 0 Å². The van der Waals surface area contributed by atoms with Crippen molar-refractivity contribution in [2.45, 2.75) is 24.6 Å². The third kappa shape index (κ3) is 3.63. The van der Waals surface area contributed by atoms with Gasteiger partial charge >= 0.3 is 12.1 Å². The van der Waals surface area contributed by atoms with Crippen molar-refractivity contribution in [1.82, 2.24) is 5.32 Å². The Hall–Kier alpha value is -1.83. The highest BCUT2D eigenvalue weighted by Crippen LogP contribution is 2.41. The van der Waals surface area contributed by atoms with E-state index in [0.717, 1.165) is 30.8 Å². The molecule has 0 saturated carbocycles. The molecule has 1 aromatic carbocycles. The zero-order valence-electron chi connectivity index (χ0n) is 10.8. The lowest BCUT2D eigenvalue weighted by Gasteiger charge is -2.24. The molecule has 8 heteroatoms. The van der Waals surface area contributed by atoms with Crippen molar-refractivity contribution >= 4 is 5.97 Å². The molecule has 0 aliphatic carbocycles. The van der Waals surface area contributed by atoms with Gasteiger partial charge in [0.15, 0.2) is 0 Å². The topological polar surface area (TPSA) is 58.6 Å². The summed E-state index contributed by atoms with van der Waals surface area (Å²) >= 11 is 0. The van der Waals surface area contributed by atoms with Crippen LogP contribution in [0, 0.1) is 5.82 Å². The Balaban J connectivity index is 0.000000199. The molecule has 4 nitrogen and oxygen atoms in total. The van der Waals surface area contributed by atoms with Crippen LogP contribution in [-0.2, 0) is 4.79 Å². The maximum absolute atomic E-state index is 13.0. The van der Waals surface area contributed by atoms with E-state index in [2.05, 4.69) is 5.32 Å². The molecule has 2 N–H and O–H groups in total. The van der Waals surface area contributed by atoms with Crippen molar-refractivity contribution in [2.75, 3.05) is 13.1 Å². The second-order valence-corrected chi connectivity index (χ2v) is 4.74. The molecule has 0 amide bonds. The number of carbonyl (C=O) groups is 1. The first-order valence-electron chi connectivity index (χ1n) is 6.26. The number of carboxylic acids is 1. The van der Waals surface area contributed by atoms with Gasteiger partial charge in [0.2, 0.25) is 0 Å². The van der Waals surface area contributed by atoms with Gasteiger partial charge in [-0.15, -0.1) is 0 Å². The third-order valence-electron chi connectivity index (χ3n) is 3.32. The van der Waals surface area contributed by atoms with E-state index in [1.54, 1.807) is 12.1 Å². The summed E-state index contributed by atoms with van der Waals surface area (Å²) in [7, 11) is 0. The molecule has 1 saturated heterocycles. The van der Waals surface area contributed by atoms with E-state index in [1.807, 2.05) is 0 Å². The Kier molecular flexibility index (Phi) is 4.36.